The van der Waals surface area contributed by atoms with Crippen LogP contribution in [-0.4, -0.2) is 16.8 Å². The molecule has 5 heteroatoms. The van der Waals surface area contributed by atoms with Gasteiger partial charge in [0.05, 0.1) is 12.5 Å². The molecule has 27 heavy (non-hydrogen) atoms. The number of nitrogens with zero attached hydrogens (tertiary/aromatic N) is 1. The van der Waals surface area contributed by atoms with Crippen LogP contribution in [0.25, 0.3) is 0 Å². The second-order valence-electron chi connectivity index (χ2n) is 6.86. The summed E-state index contributed by atoms with van der Waals surface area (Å²) in [6, 6.07) is 19.3. The van der Waals surface area contributed by atoms with Crippen LogP contribution in [0.5, 0.6) is 11.5 Å². The Kier molecular flexibility index (Phi) is 4.16. The van der Waals surface area contributed by atoms with Crippen molar-refractivity contribution in [1.82, 2.24) is 0 Å². The Labute approximate surface area is 156 Å². The third-order valence-corrected chi connectivity index (χ3v) is 5.18. The molecule has 2 N–H and O–H groups in total. The minimum Gasteiger partial charge on any atom is -0.508 e. The minimum absolute atomic E-state index is 0.163. The van der Waals surface area contributed by atoms with Crippen LogP contribution in [0.15, 0.2) is 71.9 Å². The molecule has 1 aliphatic rings. The molecule has 1 aliphatic heterocycles. The lowest BCUT2D eigenvalue weighted by atomic mass is 9.71. The first-order valence-electron chi connectivity index (χ1n) is 8.71. The molecule has 0 amide bonds. The summed E-state index contributed by atoms with van der Waals surface area (Å²) < 4.78 is 5.88. The molecule has 5 nitrogen and oxygen atoms in total. The Morgan fingerprint density at radius 2 is 1.74 bits per heavy atom. The zero-order valence-electron chi connectivity index (χ0n) is 14.8. The van der Waals surface area contributed by atoms with Crippen LogP contribution in [-0.2, 0) is 5.60 Å². The van der Waals surface area contributed by atoms with Crippen LogP contribution >= 0.6 is 0 Å². The first kappa shape index (κ1) is 17.2. The van der Waals surface area contributed by atoms with Gasteiger partial charge in [-0.05, 0) is 47.5 Å². The molecule has 2 atom stereocenters. The summed E-state index contributed by atoms with van der Waals surface area (Å²) in [5.41, 5.74) is 2.17. The second-order valence-corrected chi connectivity index (χ2v) is 6.86. The fourth-order valence-electron chi connectivity index (χ4n) is 3.69. The summed E-state index contributed by atoms with van der Waals surface area (Å²) in [5.74, 6) is 0.227. The highest BCUT2D eigenvalue weighted by molar-refractivity contribution is 5.56. The normalized spacial score (nSPS) is 21.2. The van der Waals surface area contributed by atoms with E-state index in [0.717, 1.165) is 16.7 Å². The number of hydrogen-bond acceptors (Lipinski definition) is 5. The SMILES string of the molecule is Cc1ccc(C2(O)c3ccc(N=O)cc3OCC2c2ccc(O)cc2)cc1. The van der Waals surface area contributed by atoms with E-state index >= 15 is 0 Å². The Bertz CT molecular complexity index is 982. The maximum absolute atomic E-state index is 12.0. The molecule has 0 radical (unpaired) electrons. The summed E-state index contributed by atoms with van der Waals surface area (Å²) in [6.07, 6.45) is 0. The van der Waals surface area contributed by atoms with E-state index in [1.54, 1.807) is 42.5 Å². The lowest BCUT2D eigenvalue weighted by Gasteiger charge is -2.42. The summed E-state index contributed by atoms with van der Waals surface area (Å²) in [7, 11) is 0. The average molecular weight is 361 g/mol. The number of ether oxygens (including phenoxy) is 1. The largest absolute Gasteiger partial charge is 0.508 e. The van der Waals surface area contributed by atoms with Crippen molar-refractivity contribution in [2.45, 2.75) is 18.4 Å². The molecule has 0 spiro atoms. The van der Waals surface area contributed by atoms with E-state index in [9.17, 15) is 15.1 Å². The zero-order valence-corrected chi connectivity index (χ0v) is 14.8. The van der Waals surface area contributed by atoms with Crippen LogP contribution in [0.1, 0.15) is 28.2 Å². The van der Waals surface area contributed by atoms with Crippen molar-refractivity contribution >= 4 is 5.69 Å². The van der Waals surface area contributed by atoms with E-state index in [1.165, 1.54) is 0 Å². The number of aromatic hydroxyl groups is 1. The van der Waals surface area contributed by atoms with Crippen molar-refractivity contribution in [2.75, 3.05) is 6.61 Å². The van der Waals surface area contributed by atoms with Gasteiger partial charge in [-0.2, -0.15) is 0 Å². The number of aryl methyl sites for hydroxylation is 1. The molecule has 0 fully saturated rings. The van der Waals surface area contributed by atoms with E-state index in [-0.39, 0.29) is 24.0 Å². The van der Waals surface area contributed by atoms with E-state index in [2.05, 4.69) is 5.18 Å². The number of phenols is 1. The third kappa shape index (κ3) is 2.86. The van der Waals surface area contributed by atoms with Crippen LogP contribution in [0.4, 0.5) is 5.69 Å². The van der Waals surface area contributed by atoms with Gasteiger partial charge in [0.1, 0.15) is 22.8 Å². The van der Waals surface area contributed by atoms with Crippen molar-refractivity contribution in [3.05, 3.63) is 93.9 Å². The van der Waals surface area contributed by atoms with Crippen molar-refractivity contribution in [1.29, 1.82) is 0 Å². The van der Waals surface area contributed by atoms with Gasteiger partial charge in [-0.25, -0.2) is 0 Å². The maximum Gasteiger partial charge on any atom is 0.128 e. The summed E-state index contributed by atoms with van der Waals surface area (Å²) in [6.45, 7) is 2.22. The van der Waals surface area contributed by atoms with Gasteiger partial charge in [-0.3, -0.25) is 0 Å². The van der Waals surface area contributed by atoms with E-state index in [1.807, 2.05) is 31.2 Å². The second kappa shape index (κ2) is 6.52. The molecular weight excluding hydrogens is 342 g/mol. The fraction of sp³-hybridized carbons (Fsp3) is 0.182. The summed E-state index contributed by atoms with van der Waals surface area (Å²) >= 11 is 0. The van der Waals surface area contributed by atoms with Crippen molar-refractivity contribution in [2.24, 2.45) is 5.18 Å². The molecule has 2 unspecified atom stereocenters. The number of hydrogen-bond donors (Lipinski definition) is 2. The number of rotatable bonds is 3. The predicted molar refractivity (Wildman–Crippen MR) is 102 cm³/mol. The van der Waals surface area contributed by atoms with Gasteiger partial charge in [0.2, 0.25) is 0 Å². The molecule has 3 aromatic rings. The number of fused-ring (bicyclic) bond motifs is 1. The lowest BCUT2D eigenvalue weighted by Crippen LogP contribution is -2.41. The van der Waals surface area contributed by atoms with Gasteiger partial charge in [-0.15, -0.1) is 4.91 Å². The number of aliphatic hydroxyl groups is 1. The van der Waals surface area contributed by atoms with Crippen molar-refractivity contribution in [3.63, 3.8) is 0 Å². The van der Waals surface area contributed by atoms with Gasteiger partial charge in [0.15, 0.2) is 0 Å². The smallest absolute Gasteiger partial charge is 0.128 e. The summed E-state index contributed by atoms with van der Waals surface area (Å²) in [4.78, 5) is 10.9. The van der Waals surface area contributed by atoms with Crippen LogP contribution in [0.3, 0.4) is 0 Å². The number of benzene rings is 3. The van der Waals surface area contributed by atoms with Crippen molar-refractivity contribution in [3.8, 4) is 11.5 Å². The first-order chi connectivity index (χ1) is 13.0. The topological polar surface area (TPSA) is 79.1 Å². The van der Waals surface area contributed by atoms with E-state index in [4.69, 9.17) is 4.74 Å². The Morgan fingerprint density at radius 3 is 2.41 bits per heavy atom. The van der Waals surface area contributed by atoms with Gasteiger partial charge < -0.3 is 14.9 Å². The molecule has 0 aromatic heterocycles. The molecule has 0 aliphatic carbocycles. The third-order valence-electron chi connectivity index (χ3n) is 5.18. The quantitative estimate of drug-likeness (QED) is 0.673. The van der Waals surface area contributed by atoms with Crippen LogP contribution < -0.4 is 4.74 Å². The minimum atomic E-state index is -1.35. The van der Waals surface area contributed by atoms with E-state index in [0.29, 0.717) is 11.3 Å². The predicted octanol–water partition coefficient (Wildman–Crippen LogP) is 4.51. The van der Waals surface area contributed by atoms with Gasteiger partial charge in [0, 0.05) is 11.6 Å². The molecule has 1 heterocycles. The van der Waals surface area contributed by atoms with Gasteiger partial charge in [-0.1, -0.05) is 42.0 Å². The average Bonchev–Trinajstić information content (AvgIpc) is 2.69. The van der Waals surface area contributed by atoms with Crippen LogP contribution in [0, 0.1) is 11.8 Å². The van der Waals surface area contributed by atoms with Crippen molar-refractivity contribution < 1.29 is 14.9 Å². The molecule has 4 rings (SSSR count). The Morgan fingerprint density at radius 1 is 1.04 bits per heavy atom. The number of phenolic OH excluding ortho intramolecular Hbond substituents is 1. The van der Waals surface area contributed by atoms with Crippen LogP contribution in [0.2, 0.25) is 0 Å². The monoisotopic (exact) mass is 361 g/mol. The zero-order chi connectivity index (χ0) is 19.0. The molecule has 136 valence electrons. The maximum atomic E-state index is 12.0. The molecule has 0 saturated carbocycles. The Hall–Kier alpha value is -3.18. The molecule has 0 saturated heterocycles. The van der Waals surface area contributed by atoms with Gasteiger partial charge >= 0.3 is 0 Å². The summed E-state index contributed by atoms with van der Waals surface area (Å²) in [5, 5.41) is 24.6. The highest BCUT2D eigenvalue weighted by atomic mass is 16.5. The first-order valence-corrected chi connectivity index (χ1v) is 8.71. The molecular formula is C22H19NO4. The standard InChI is InChI=1S/C22H19NO4/c1-14-2-6-16(7-3-14)22(25)19-11-8-17(23-26)12-21(19)27-13-20(22)15-4-9-18(24)10-5-15/h2-12,20,24-25H,13H2,1H3. The molecule has 0 bridgehead atoms. The number of nitroso groups, excluding NO2 is 1. The Balaban J connectivity index is 1.92. The lowest BCUT2D eigenvalue weighted by molar-refractivity contribution is 0.0107. The highest BCUT2D eigenvalue weighted by Gasteiger charge is 2.46. The van der Waals surface area contributed by atoms with E-state index < -0.39 is 5.60 Å². The fourth-order valence-corrected chi connectivity index (χ4v) is 3.69. The molecule has 3 aromatic carbocycles. The highest BCUT2D eigenvalue weighted by Crippen LogP contribution is 2.50. The van der Waals surface area contributed by atoms with Gasteiger partial charge in [0.25, 0.3) is 0 Å².